The third kappa shape index (κ3) is 3.51. The first kappa shape index (κ1) is 15.7. The van der Waals surface area contributed by atoms with Crippen LogP contribution >= 0.6 is 0 Å². The minimum atomic E-state index is -0.0777. The van der Waals surface area contributed by atoms with Gasteiger partial charge in [0.25, 0.3) is 5.56 Å². The summed E-state index contributed by atoms with van der Waals surface area (Å²) in [6.45, 7) is 2.31. The van der Waals surface area contributed by atoms with Crippen molar-refractivity contribution in [1.82, 2.24) is 24.6 Å². The fourth-order valence-electron chi connectivity index (χ4n) is 3.29. The van der Waals surface area contributed by atoms with Crippen LogP contribution in [-0.2, 0) is 13.1 Å². The summed E-state index contributed by atoms with van der Waals surface area (Å²) < 4.78 is 6.62. The van der Waals surface area contributed by atoms with Crippen molar-refractivity contribution < 1.29 is 4.42 Å². The first-order valence-corrected chi connectivity index (χ1v) is 8.39. The van der Waals surface area contributed by atoms with Crippen LogP contribution in [0, 0.1) is 0 Å². The summed E-state index contributed by atoms with van der Waals surface area (Å²) in [7, 11) is 0. The van der Waals surface area contributed by atoms with Gasteiger partial charge in [-0.2, -0.15) is 5.10 Å². The number of hydrogen-bond acceptors (Lipinski definition) is 6. The average molecular weight is 337 g/mol. The van der Waals surface area contributed by atoms with Crippen molar-refractivity contribution >= 4 is 0 Å². The summed E-state index contributed by atoms with van der Waals surface area (Å²) in [5.74, 6) is 0. The Morgan fingerprint density at radius 1 is 1.20 bits per heavy atom. The highest BCUT2D eigenvalue weighted by molar-refractivity contribution is 5.56. The van der Waals surface area contributed by atoms with E-state index in [1.54, 1.807) is 35.5 Å². The van der Waals surface area contributed by atoms with Crippen molar-refractivity contribution in [3.63, 3.8) is 0 Å². The molecule has 4 rings (SSSR count). The Morgan fingerprint density at radius 3 is 2.88 bits per heavy atom. The molecular weight excluding hydrogens is 318 g/mol. The molecule has 0 saturated carbocycles. The highest BCUT2D eigenvalue weighted by Crippen LogP contribution is 2.21. The van der Waals surface area contributed by atoms with Crippen molar-refractivity contribution in [2.45, 2.75) is 32.0 Å². The van der Waals surface area contributed by atoms with Crippen LogP contribution < -0.4 is 5.56 Å². The first-order chi connectivity index (χ1) is 12.3. The average Bonchev–Trinajstić information content (AvgIpc) is 3.31. The number of nitrogens with zero attached hydrogens (tertiary/aromatic N) is 5. The molecule has 3 aromatic heterocycles. The van der Waals surface area contributed by atoms with Gasteiger partial charge in [-0.3, -0.25) is 14.7 Å². The largest absolute Gasteiger partial charge is 0.451 e. The van der Waals surface area contributed by atoms with Gasteiger partial charge in [-0.25, -0.2) is 9.67 Å². The number of pyridine rings is 1. The van der Waals surface area contributed by atoms with Gasteiger partial charge in [-0.1, -0.05) is 0 Å². The molecule has 0 amide bonds. The van der Waals surface area contributed by atoms with E-state index in [0.717, 1.165) is 42.9 Å². The molecule has 7 heteroatoms. The standard InChI is InChI=1S/C18H19N5O2/c24-18-4-3-17(14-5-7-19-8-6-14)21-23(18)11-16-2-1-9-22(16)10-15-12-25-13-20-15/h3-8,12-13,16H,1-2,9-11H2. The van der Waals surface area contributed by atoms with Crippen LogP contribution in [0.25, 0.3) is 11.3 Å². The van der Waals surface area contributed by atoms with E-state index in [0.29, 0.717) is 6.54 Å². The maximum Gasteiger partial charge on any atom is 0.266 e. The molecule has 25 heavy (non-hydrogen) atoms. The molecule has 128 valence electrons. The molecule has 0 spiro atoms. The second kappa shape index (κ2) is 6.98. The third-order valence-electron chi connectivity index (χ3n) is 4.57. The fraction of sp³-hybridized carbons (Fsp3) is 0.333. The van der Waals surface area contributed by atoms with E-state index in [1.165, 1.54) is 6.39 Å². The molecule has 3 aromatic rings. The van der Waals surface area contributed by atoms with Crippen LogP contribution in [0.4, 0.5) is 0 Å². The van der Waals surface area contributed by atoms with Crippen LogP contribution in [0.5, 0.6) is 0 Å². The van der Waals surface area contributed by atoms with Gasteiger partial charge in [-0.15, -0.1) is 0 Å². The van der Waals surface area contributed by atoms with Gasteiger partial charge < -0.3 is 4.42 Å². The zero-order chi connectivity index (χ0) is 17.1. The van der Waals surface area contributed by atoms with Crippen molar-refractivity contribution in [2.24, 2.45) is 0 Å². The molecule has 0 radical (unpaired) electrons. The Labute approximate surface area is 145 Å². The Hall–Kier alpha value is -2.80. The van der Waals surface area contributed by atoms with Crippen molar-refractivity contribution in [2.75, 3.05) is 6.54 Å². The number of oxazole rings is 1. The molecule has 1 fully saturated rings. The minimum Gasteiger partial charge on any atom is -0.451 e. The summed E-state index contributed by atoms with van der Waals surface area (Å²) in [5.41, 5.74) is 2.57. The van der Waals surface area contributed by atoms with E-state index in [9.17, 15) is 4.79 Å². The monoisotopic (exact) mass is 337 g/mol. The third-order valence-corrected chi connectivity index (χ3v) is 4.57. The van der Waals surface area contributed by atoms with Gasteiger partial charge in [-0.05, 0) is 37.6 Å². The van der Waals surface area contributed by atoms with Crippen LogP contribution in [0.15, 0.2) is 58.5 Å². The molecule has 1 aliphatic rings. The fourth-order valence-corrected chi connectivity index (χ4v) is 3.29. The highest BCUT2D eigenvalue weighted by atomic mass is 16.3. The van der Waals surface area contributed by atoms with Crippen LogP contribution in [0.2, 0.25) is 0 Å². The van der Waals surface area contributed by atoms with Crippen LogP contribution in [0.3, 0.4) is 0 Å². The first-order valence-electron chi connectivity index (χ1n) is 8.39. The number of hydrogen-bond donors (Lipinski definition) is 0. The molecule has 1 unspecified atom stereocenters. The lowest BCUT2D eigenvalue weighted by atomic mass is 10.2. The molecule has 0 aliphatic carbocycles. The summed E-state index contributed by atoms with van der Waals surface area (Å²) in [6.07, 6.45) is 8.73. The van der Waals surface area contributed by atoms with Gasteiger partial charge in [0.2, 0.25) is 0 Å². The minimum absolute atomic E-state index is 0.0777. The van der Waals surface area contributed by atoms with E-state index in [-0.39, 0.29) is 11.6 Å². The van der Waals surface area contributed by atoms with E-state index < -0.39 is 0 Å². The van der Waals surface area contributed by atoms with E-state index in [4.69, 9.17) is 4.42 Å². The molecule has 0 aromatic carbocycles. The number of aromatic nitrogens is 4. The van der Waals surface area contributed by atoms with Gasteiger partial charge in [0.15, 0.2) is 6.39 Å². The molecular formula is C18H19N5O2. The molecule has 4 heterocycles. The zero-order valence-corrected chi connectivity index (χ0v) is 13.8. The lowest BCUT2D eigenvalue weighted by molar-refractivity contribution is 0.214. The predicted molar refractivity (Wildman–Crippen MR) is 91.7 cm³/mol. The van der Waals surface area contributed by atoms with Gasteiger partial charge in [0, 0.05) is 36.6 Å². The van der Waals surface area contributed by atoms with Crippen LogP contribution in [-0.4, -0.2) is 37.2 Å². The Balaban J connectivity index is 1.54. The van der Waals surface area contributed by atoms with Crippen LogP contribution in [0.1, 0.15) is 18.5 Å². The second-order valence-corrected chi connectivity index (χ2v) is 6.22. The quantitative estimate of drug-likeness (QED) is 0.708. The molecule has 1 atom stereocenters. The zero-order valence-electron chi connectivity index (χ0n) is 13.8. The Kier molecular flexibility index (Phi) is 4.39. The summed E-state index contributed by atoms with van der Waals surface area (Å²) in [4.78, 5) is 22.8. The Morgan fingerprint density at radius 2 is 2.08 bits per heavy atom. The Bertz CT molecular complexity index is 876. The number of likely N-dealkylation sites (tertiary alicyclic amines) is 1. The maximum atomic E-state index is 12.3. The number of rotatable bonds is 5. The summed E-state index contributed by atoms with van der Waals surface area (Å²) in [6, 6.07) is 7.40. The van der Waals surface area contributed by atoms with Crippen molar-refractivity contribution in [1.29, 1.82) is 0 Å². The molecule has 1 aliphatic heterocycles. The van der Waals surface area contributed by atoms with Gasteiger partial charge in [0.1, 0.15) is 6.26 Å². The lowest BCUT2D eigenvalue weighted by Gasteiger charge is -2.23. The summed E-state index contributed by atoms with van der Waals surface area (Å²) >= 11 is 0. The highest BCUT2D eigenvalue weighted by Gasteiger charge is 2.26. The molecule has 0 bridgehead atoms. The van der Waals surface area contributed by atoms with E-state index in [2.05, 4.69) is 20.0 Å². The second-order valence-electron chi connectivity index (χ2n) is 6.22. The smallest absolute Gasteiger partial charge is 0.266 e. The SMILES string of the molecule is O=c1ccc(-c2ccncc2)nn1CC1CCCN1Cc1cocn1. The normalized spacial score (nSPS) is 17.8. The van der Waals surface area contributed by atoms with E-state index >= 15 is 0 Å². The summed E-state index contributed by atoms with van der Waals surface area (Å²) in [5, 5.41) is 4.55. The predicted octanol–water partition coefficient (Wildman–Crippen LogP) is 1.96. The maximum absolute atomic E-state index is 12.3. The molecule has 1 saturated heterocycles. The van der Waals surface area contributed by atoms with Crippen molar-refractivity contribution in [3.8, 4) is 11.3 Å². The van der Waals surface area contributed by atoms with Gasteiger partial charge >= 0.3 is 0 Å². The molecule has 0 N–H and O–H groups in total. The topological polar surface area (TPSA) is 77.0 Å². The van der Waals surface area contributed by atoms with Gasteiger partial charge in [0.05, 0.1) is 17.9 Å². The molecule has 7 nitrogen and oxygen atoms in total. The lowest BCUT2D eigenvalue weighted by Crippen LogP contribution is -2.36. The van der Waals surface area contributed by atoms with E-state index in [1.807, 2.05) is 12.1 Å². The van der Waals surface area contributed by atoms with Crippen molar-refractivity contribution in [3.05, 3.63) is 65.4 Å².